The molecule has 0 heterocycles. The summed E-state index contributed by atoms with van der Waals surface area (Å²) in [5.41, 5.74) is 2.71. The predicted molar refractivity (Wildman–Crippen MR) is 68.5 cm³/mol. The summed E-state index contributed by atoms with van der Waals surface area (Å²) in [5.74, 6) is 0. The number of benzene rings is 1. The van der Waals surface area contributed by atoms with E-state index in [1.807, 2.05) is 0 Å². The Morgan fingerprint density at radius 2 is 2.19 bits per heavy atom. The molecule has 1 unspecified atom stereocenters. The van der Waals surface area contributed by atoms with E-state index in [1.54, 1.807) is 0 Å². The fourth-order valence-electron chi connectivity index (χ4n) is 1.82. The van der Waals surface area contributed by atoms with E-state index in [9.17, 15) is 0 Å². The van der Waals surface area contributed by atoms with Crippen LogP contribution in [0.3, 0.4) is 0 Å². The van der Waals surface area contributed by atoms with Crippen molar-refractivity contribution in [3.05, 3.63) is 35.4 Å². The van der Waals surface area contributed by atoms with E-state index < -0.39 is 0 Å². The molecule has 0 saturated heterocycles. The van der Waals surface area contributed by atoms with Crippen LogP contribution in [0.15, 0.2) is 24.3 Å². The van der Waals surface area contributed by atoms with Crippen molar-refractivity contribution < 1.29 is 0 Å². The van der Waals surface area contributed by atoms with Crippen molar-refractivity contribution in [2.75, 3.05) is 6.54 Å². The first kappa shape index (κ1) is 11.6. The molecule has 0 aliphatic heterocycles. The summed E-state index contributed by atoms with van der Waals surface area (Å²) in [7, 11) is 0. The quantitative estimate of drug-likeness (QED) is 0.765. The molecule has 88 valence electrons. The van der Waals surface area contributed by atoms with Crippen molar-refractivity contribution in [1.29, 1.82) is 0 Å². The first-order valence-electron chi connectivity index (χ1n) is 6.26. The molecule has 1 aromatic rings. The van der Waals surface area contributed by atoms with Crippen molar-refractivity contribution in [1.82, 2.24) is 10.6 Å². The second-order valence-corrected chi connectivity index (χ2v) is 4.95. The summed E-state index contributed by atoms with van der Waals surface area (Å²) in [6.45, 7) is 6.43. The van der Waals surface area contributed by atoms with Gasteiger partial charge in [0.25, 0.3) is 0 Å². The summed E-state index contributed by atoms with van der Waals surface area (Å²) in [6.07, 6.45) is 2.73. The molecule has 2 nitrogen and oxygen atoms in total. The molecule has 0 aromatic heterocycles. The third kappa shape index (κ3) is 3.95. The number of hydrogen-bond donors (Lipinski definition) is 2. The molecular weight excluding hydrogens is 196 g/mol. The van der Waals surface area contributed by atoms with E-state index in [0.717, 1.165) is 19.1 Å². The van der Waals surface area contributed by atoms with Gasteiger partial charge in [0.05, 0.1) is 0 Å². The normalized spacial score (nSPS) is 17.4. The summed E-state index contributed by atoms with van der Waals surface area (Å²) in [4.78, 5) is 0. The molecule has 1 aromatic carbocycles. The van der Waals surface area contributed by atoms with Crippen molar-refractivity contribution in [2.24, 2.45) is 0 Å². The summed E-state index contributed by atoms with van der Waals surface area (Å²) in [6, 6.07) is 10.0. The molecule has 0 spiro atoms. The zero-order valence-electron chi connectivity index (χ0n) is 10.3. The first-order valence-corrected chi connectivity index (χ1v) is 6.26. The highest BCUT2D eigenvalue weighted by atomic mass is 15.0. The Morgan fingerprint density at radius 1 is 1.38 bits per heavy atom. The monoisotopic (exact) mass is 218 g/mol. The Balaban J connectivity index is 1.69. The molecule has 2 N–H and O–H groups in total. The number of rotatable bonds is 6. The minimum absolute atomic E-state index is 0.543. The minimum atomic E-state index is 0.543. The molecule has 1 aliphatic rings. The van der Waals surface area contributed by atoms with Gasteiger partial charge in [-0.1, -0.05) is 29.8 Å². The van der Waals surface area contributed by atoms with Gasteiger partial charge in [-0.3, -0.25) is 0 Å². The van der Waals surface area contributed by atoms with Gasteiger partial charge >= 0.3 is 0 Å². The minimum Gasteiger partial charge on any atom is -0.312 e. The molecule has 0 radical (unpaired) electrons. The molecule has 2 rings (SSSR count). The number of aryl methyl sites for hydroxylation is 1. The SMILES string of the molecule is Cc1cccc(CNC(C)CNC2CC2)c1. The Morgan fingerprint density at radius 3 is 2.88 bits per heavy atom. The summed E-state index contributed by atoms with van der Waals surface area (Å²) < 4.78 is 0. The van der Waals surface area contributed by atoms with Gasteiger partial charge in [-0.25, -0.2) is 0 Å². The lowest BCUT2D eigenvalue weighted by atomic mass is 10.1. The topological polar surface area (TPSA) is 24.1 Å². The van der Waals surface area contributed by atoms with Crippen LogP contribution in [0, 0.1) is 6.92 Å². The molecular formula is C14H22N2. The van der Waals surface area contributed by atoms with Gasteiger partial charge in [0, 0.05) is 25.2 Å². The number of hydrogen-bond acceptors (Lipinski definition) is 2. The average molecular weight is 218 g/mol. The van der Waals surface area contributed by atoms with Crippen LogP contribution in [0.25, 0.3) is 0 Å². The van der Waals surface area contributed by atoms with Crippen LogP contribution in [0.4, 0.5) is 0 Å². The fraction of sp³-hybridized carbons (Fsp3) is 0.571. The standard InChI is InChI=1S/C14H22N2/c1-11-4-3-5-13(8-11)10-15-12(2)9-16-14-6-7-14/h3-5,8,12,14-16H,6-7,9-10H2,1-2H3. The zero-order chi connectivity index (χ0) is 11.4. The van der Waals surface area contributed by atoms with E-state index in [4.69, 9.17) is 0 Å². The second kappa shape index (κ2) is 5.46. The van der Waals surface area contributed by atoms with Crippen LogP contribution in [0.1, 0.15) is 30.9 Å². The van der Waals surface area contributed by atoms with Gasteiger partial charge in [0.1, 0.15) is 0 Å². The lowest BCUT2D eigenvalue weighted by Crippen LogP contribution is -2.36. The molecule has 1 fully saturated rings. The molecule has 1 aliphatic carbocycles. The van der Waals surface area contributed by atoms with Gasteiger partial charge in [-0.2, -0.15) is 0 Å². The van der Waals surface area contributed by atoms with E-state index in [0.29, 0.717) is 6.04 Å². The maximum Gasteiger partial charge on any atom is 0.0208 e. The van der Waals surface area contributed by atoms with Crippen LogP contribution in [-0.4, -0.2) is 18.6 Å². The zero-order valence-corrected chi connectivity index (χ0v) is 10.3. The van der Waals surface area contributed by atoms with Gasteiger partial charge in [0.15, 0.2) is 0 Å². The first-order chi connectivity index (χ1) is 7.74. The fourth-order valence-corrected chi connectivity index (χ4v) is 1.82. The van der Waals surface area contributed by atoms with Crippen LogP contribution in [0.5, 0.6) is 0 Å². The summed E-state index contributed by atoms with van der Waals surface area (Å²) in [5, 5.41) is 7.09. The molecule has 2 heteroatoms. The van der Waals surface area contributed by atoms with Crippen molar-refractivity contribution in [3.8, 4) is 0 Å². The van der Waals surface area contributed by atoms with Gasteiger partial charge in [0.2, 0.25) is 0 Å². The van der Waals surface area contributed by atoms with Gasteiger partial charge in [-0.15, -0.1) is 0 Å². The Bertz CT molecular complexity index is 331. The molecule has 16 heavy (non-hydrogen) atoms. The second-order valence-electron chi connectivity index (χ2n) is 4.95. The molecule has 1 saturated carbocycles. The largest absolute Gasteiger partial charge is 0.312 e. The van der Waals surface area contributed by atoms with E-state index >= 15 is 0 Å². The van der Waals surface area contributed by atoms with Crippen LogP contribution >= 0.6 is 0 Å². The maximum atomic E-state index is 3.55. The average Bonchev–Trinajstić information content (AvgIpc) is 3.07. The molecule has 0 amide bonds. The Kier molecular flexibility index (Phi) is 3.97. The third-order valence-corrected chi connectivity index (χ3v) is 3.03. The number of nitrogens with one attached hydrogen (secondary N) is 2. The third-order valence-electron chi connectivity index (χ3n) is 3.03. The lowest BCUT2D eigenvalue weighted by Gasteiger charge is -2.14. The van der Waals surface area contributed by atoms with E-state index in [-0.39, 0.29) is 0 Å². The van der Waals surface area contributed by atoms with Crippen molar-refractivity contribution in [2.45, 2.75) is 45.3 Å². The van der Waals surface area contributed by atoms with Gasteiger partial charge in [-0.05, 0) is 32.3 Å². The lowest BCUT2D eigenvalue weighted by molar-refractivity contribution is 0.500. The van der Waals surface area contributed by atoms with E-state index in [2.05, 4.69) is 48.7 Å². The smallest absolute Gasteiger partial charge is 0.0208 e. The van der Waals surface area contributed by atoms with E-state index in [1.165, 1.54) is 24.0 Å². The van der Waals surface area contributed by atoms with Crippen molar-refractivity contribution >= 4 is 0 Å². The molecule has 1 atom stereocenters. The van der Waals surface area contributed by atoms with Crippen molar-refractivity contribution in [3.63, 3.8) is 0 Å². The van der Waals surface area contributed by atoms with Crippen LogP contribution in [-0.2, 0) is 6.54 Å². The highest BCUT2D eigenvalue weighted by Gasteiger charge is 2.20. The maximum absolute atomic E-state index is 3.55. The highest BCUT2D eigenvalue weighted by Crippen LogP contribution is 2.18. The summed E-state index contributed by atoms with van der Waals surface area (Å²) >= 11 is 0. The Labute approximate surface area is 98.4 Å². The predicted octanol–water partition coefficient (Wildman–Crippen LogP) is 2.23. The van der Waals surface area contributed by atoms with Crippen LogP contribution < -0.4 is 10.6 Å². The van der Waals surface area contributed by atoms with Crippen LogP contribution in [0.2, 0.25) is 0 Å². The van der Waals surface area contributed by atoms with Gasteiger partial charge < -0.3 is 10.6 Å². The Hall–Kier alpha value is -0.860. The highest BCUT2D eigenvalue weighted by molar-refractivity contribution is 5.21. The molecule has 0 bridgehead atoms.